The molecule has 0 radical (unpaired) electrons. The highest BCUT2D eigenvalue weighted by atomic mass is 16.6. The molecule has 1 aliphatic heterocycles. The molecule has 1 unspecified atom stereocenters. The van der Waals surface area contributed by atoms with Crippen molar-refractivity contribution in [3.63, 3.8) is 0 Å². The number of piperidine rings is 1. The topological polar surface area (TPSA) is 85.9 Å². The maximum Gasteiger partial charge on any atom is 0.296 e. The number of hydrogen-bond acceptors (Lipinski definition) is 4. The number of amides is 1. The summed E-state index contributed by atoms with van der Waals surface area (Å²) < 4.78 is 4.98. The molecule has 1 fully saturated rings. The molecule has 2 rings (SSSR count). The number of nitro benzene ring substituents is 1. The van der Waals surface area contributed by atoms with Gasteiger partial charge in [0.25, 0.3) is 11.6 Å². The second-order valence-electron chi connectivity index (χ2n) is 5.82. The third kappa shape index (κ3) is 4.17. The van der Waals surface area contributed by atoms with Gasteiger partial charge in [-0.25, -0.2) is 0 Å². The van der Waals surface area contributed by atoms with E-state index in [0.717, 1.165) is 19.5 Å². The molecular weight excluding hydrogens is 286 g/mol. The first kappa shape index (κ1) is 16.2. The molecule has 0 spiro atoms. The fourth-order valence-corrected chi connectivity index (χ4v) is 2.87. The van der Waals surface area contributed by atoms with Gasteiger partial charge in [-0.1, -0.05) is 6.92 Å². The Morgan fingerprint density at radius 1 is 1.55 bits per heavy atom. The maximum atomic E-state index is 12.1. The van der Waals surface area contributed by atoms with Gasteiger partial charge in [-0.15, -0.1) is 0 Å². The van der Waals surface area contributed by atoms with Gasteiger partial charge in [0.1, 0.15) is 11.4 Å². The van der Waals surface area contributed by atoms with E-state index >= 15 is 0 Å². The van der Waals surface area contributed by atoms with E-state index in [9.17, 15) is 14.9 Å². The summed E-state index contributed by atoms with van der Waals surface area (Å²) in [6.07, 6.45) is 2.32. The zero-order valence-corrected chi connectivity index (χ0v) is 12.9. The normalized spacial score (nSPS) is 21.2. The average molecular weight is 308 g/mol. The highest BCUT2D eigenvalue weighted by Crippen LogP contribution is 2.28. The third-order valence-corrected chi connectivity index (χ3v) is 3.95. The Kier molecular flexibility index (Phi) is 5.32. The van der Waals surface area contributed by atoms with Gasteiger partial charge in [0.05, 0.1) is 31.2 Å². The Hall–Kier alpha value is -2.15. The van der Waals surface area contributed by atoms with Crippen LogP contribution in [0.2, 0.25) is 0 Å². The molecule has 1 heterocycles. The van der Waals surface area contributed by atoms with Gasteiger partial charge in [0, 0.05) is 5.92 Å². The summed E-state index contributed by atoms with van der Waals surface area (Å²) in [6.45, 7) is 4.47. The lowest BCUT2D eigenvalue weighted by Gasteiger charge is -2.27. The lowest BCUT2D eigenvalue weighted by atomic mass is 10.0. The SMILES string of the molecule is COc1ccc(NC(=O)C[NH+]2CCC[C@@H](C)C2)c([N+](=O)[O-])c1. The first-order valence-electron chi connectivity index (χ1n) is 7.45. The van der Waals surface area contributed by atoms with Crippen LogP contribution in [0, 0.1) is 16.0 Å². The molecule has 1 amide bonds. The van der Waals surface area contributed by atoms with Crippen LogP contribution in [0.3, 0.4) is 0 Å². The summed E-state index contributed by atoms with van der Waals surface area (Å²) in [5.74, 6) is 0.810. The van der Waals surface area contributed by atoms with Crippen LogP contribution in [-0.2, 0) is 4.79 Å². The van der Waals surface area contributed by atoms with Crippen LogP contribution in [0.1, 0.15) is 19.8 Å². The van der Waals surface area contributed by atoms with Crippen molar-refractivity contribution in [1.29, 1.82) is 0 Å². The number of likely N-dealkylation sites (tertiary alicyclic amines) is 1. The van der Waals surface area contributed by atoms with Crippen molar-refractivity contribution in [3.05, 3.63) is 28.3 Å². The molecule has 0 aromatic heterocycles. The van der Waals surface area contributed by atoms with Crippen molar-refractivity contribution in [2.45, 2.75) is 19.8 Å². The van der Waals surface area contributed by atoms with Crippen LogP contribution in [0.5, 0.6) is 5.75 Å². The second kappa shape index (κ2) is 7.22. The molecule has 2 atom stereocenters. The highest BCUT2D eigenvalue weighted by molar-refractivity contribution is 5.93. The minimum absolute atomic E-state index is 0.158. The third-order valence-electron chi connectivity index (χ3n) is 3.95. The number of ether oxygens (including phenoxy) is 1. The van der Waals surface area contributed by atoms with E-state index in [0.29, 0.717) is 18.2 Å². The van der Waals surface area contributed by atoms with Crippen molar-refractivity contribution in [2.24, 2.45) is 5.92 Å². The van der Waals surface area contributed by atoms with E-state index < -0.39 is 4.92 Å². The number of methoxy groups -OCH3 is 1. The van der Waals surface area contributed by atoms with E-state index in [-0.39, 0.29) is 17.3 Å². The molecule has 1 aromatic carbocycles. The van der Waals surface area contributed by atoms with Gasteiger partial charge in [-0.05, 0) is 25.0 Å². The average Bonchev–Trinajstić information content (AvgIpc) is 2.47. The number of carbonyl (C=O) groups excluding carboxylic acids is 1. The molecule has 7 heteroatoms. The van der Waals surface area contributed by atoms with Crippen molar-refractivity contribution in [2.75, 3.05) is 32.1 Å². The summed E-state index contributed by atoms with van der Waals surface area (Å²) in [5, 5.41) is 13.7. The molecule has 22 heavy (non-hydrogen) atoms. The summed E-state index contributed by atoms with van der Waals surface area (Å²) in [5.41, 5.74) is 0.0509. The summed E-state index contributed by atoms with van der Waals surface area (Å²) in [4.78, 5) is 23.9. The van der Waals surface area contributed by atoms with E-state index in [2.05, 4.69) is 12.2 Å². The molecule has 1 aromatic rings. The Labute approximate surface area is 129 Å². The summed E-state index contributed by atoms with van der Waals surface area (Å²) >= 11 is 0. The number of rotatable bonds is 5. The molecule has 7 nitrogen and oxygen atoms in total. The highest BCUT2D eigenvalue weighted by Gasteiger charge is 2.23. The van der Waals surface area contributed by atoms with Crippen LogP contribution < -0.4 is 15.0 Å². The van der Waals surface area contributed by atoms with Gasteiger partial charge in [0.2, 0.25) is 0 Å². The van der Waals surface area contributed by atoms with Gasteiger partial charge in [-0.3, -0.25) is 14.9 Å². The molecule has 1 saturated heterocycles. The zero-order valence-electron chi connectivity index (χ0n) is 12.9. The number of anilines is 1. The lowest BCUT2D eigenvalue weighted by molar-refractivity contribution is -0.900. The van der Waals surface area contributed by atoms with Crippen LogP contribution >= 0.6 is 0 Å². The molecular formula is C15H22N3O4+. The van der Waals surface area contributed by atoms with E-state index in [1.54, 1.807) is 6.07 Å². The Balaban J connectivity index is 2.03. The van der Waals surface area contributed by atoms with Crippen LogP contribution in [0.25, 0.3) is 0 Å². The number of hydrogen-bond donors (Lipinski definition) is 2. The minimum Gasteiger partial charge on any atom is -0.496 e. The van der Waals surface area contributed by atoms with Gasteiger partial charge < -0.3 is 15.0 Å². The fraction of sp³-hybridized carbons (Fsp3) is 0.533. The van der Waals surface area contributed by atoms with Crippen molar-refractivity contribution in [1.82, 2.24) is 0 Å². The molecule has 0 aliphatic carbocycles. The number of quaternary nitrogens is 1. The second-order valence-corrected chi connectivity index (χ2v) is 5.82. The van der Waals surface area contributed by atoms with Gasteiger partial charge in [-0.2, -0.15) is 0 Å². The molecule has 0 saturated carbocycles. The first-order valence-corrected chi connectivity index (χ1v) is 7.45. The zero-order chi connectivity index (χ0) is 16.1. The smallest absolute Gasteiger partial charge is 0.296 e. The van der Waals surface area contributed by atoms with Gasteiger partial charge in [0.15, 0.2) is 6.54 Å². The lowest BCUT2D eigenvalue weighted by Crippen LogP contribution is -3.14. The van der Waals surface area contributed by atoms with E-state index in [4.69, 9.17) is 4.74 Å². The van der Waals surface area contributed by atoms with Gasteiger partial charge >= 0.3 is 0 Å². The maximum absolute atomic E-state index is 12.1. The number of nitrogens with one attached hydrogen (secondary N) is 2. The van der Waals surface area contributed by atoms with Crippen LogP contribution in [-0.4, -0.2) is 37.6 Å². The number of nitrogens with zero attached hydrogens (tertiary/aromatic N) is 1. The monoisotopic (exact) mass is 308 g/mol. The molecule has 2 N–H and O–H groups in total. The number of nitro groups is 1. The van der Waals surface area contributed by atoms with Crippen molar-refractivity contribution < 1.29 is 19.4 Å². The molecule has 0 bridgehead atoms. The quantitative estimate of drug-likeness (QED) is 0.624. The van der Waals surface area contributed by atoms with Crippen molar-refractivity contribution >= 4 is 17.3 Å². The number of benzene rings is 1. The molecule has 1 aliphatic rings. The van der Waals surface area contributed by atoms with Crippen LogP contribution in [0.15, 0.2) is 18.2 Å². The van der Waals surface area contributed by atoms with Crippen LogP contribution in [0.4, 0.5) is 11.4 Å². The minimum atomic E-state index is -0.520. The standard InChI is InChI=1S/C15H21N3O4/c1-11-4-3-7-17(9-11)10-15(19)16-13-6-5-12(22-2)8-14(13)18(20)21/h5-6,8,11H,3-4,7,9-10H2,1-2H3,(H,16,19)/p+1/t11-/m1/s1. The predicted octanol–water partition coefficient (Wildman–Crippen LogP) is 0.857. The van der Waals surface area contributed by atoms with E-state index in [1.807, 2.05) is 0 Å². The number of carbonyl (C=O) groups is 1. The summed E-state index contributed by atoms with van der Waals surface area (Å²) in [7, 11) is 1.44. The van der Waals surface area contributed by atoms with Crippen molar-refractivity contribution in [3.8, 4) is 5.75 Å². The fourth-order valence-electron chi connectivity index (χ4n) is 2.87. The summed E-state index contributed by atoms with van der Waals surface area (Å²) in [6, 6.07) is 4.41. The Bertz CT molecular complexity index is 562. The Morgan fingerprint density at radius 2 is 2.32 bits per heavy atom. The van der Waals surface area contributed by atoms with E-state index in [1.165, 1.54) is 30.6 Å². The molecule has 120 valence electrons. The largest absolute Gasteiger partial charge is 0.496 e. The Morgan fingerprint density at radius 3 is 2.95 bits per heavy atom. The first-order chi connectivity index (χ1) is 10.5. The predicted molar refractivity (Wildman–Crippen MR) is 82.2 cm³/mol.